The number of nitrogens with one attached hydrogen (secondary N) is 1. The summed E-state index contributed by atoms with van der Waals surface area (Å²) >= 11 is 0. The summed E-state index contributed by atoms with van der Waals surface area (Å²) in [6, 6.07) is 2.60. The van der Waals surface area contributed by atoms with E-state index in [0.29, 0.717) is 6.54 Å². The predicted molar refractivity (Wildman–Crippen MR) is 71.5 cm³/mol. The third-order valence-electron chi connectivity index (χ3n) is 2.53. The quantitative estimate of drug-likeness (QED) is 0.784. The summed E-state index contributed by atoms with van der Waals surface area (Å²) in [5, 5.41) is 11.5. The van der Waals surface area contributed by atoms with Crippen LogP contribution in [0.5, 0.6) is 0 Å². The average molecular weight is 279 g/mol. The molecular weight excluding hydrogens is 262 g/mol. The molecule has 1 rings (SSSR count). The summed E-state index contributed by atoms with van der Waals surface area (Å²) in [6.07, 6.45) is 2.07. The number of carbonyl (C=O) groups excluding carboxylic acids is 2. The molecule has 0 saturated carbocycles. The summed E-state index contributed by atoms with van der Waals surface area (Å²) in [5.41, 5.74) is -0.0251. The van der Waals surface area contributed by atoms with Crippen LogP contribution in [0.3, 0.4) is 0 Å². The highest BCUT2D eigenvalue weighted by molar-refractivity contribution is 5.98. The zero-order valence-electron chi connectivity index (χ0n) is 11.4. The number of likely N-dealkylation sites (N-methyl/N-ethyl adjacent to an activating group) is 1. The van der Waals surface area contributed by atoms with E-state index in [4.69, 9.17) is 5.11 Å². The van der Waals surface area contributed by atoms with Gasteiger partial charge in [0.05, 0.1) is 6.54 Å². The summed E-state index contributed by atoms with van der Waals surface area (Å²) in [6.45, 7) is 2.41. The third-order valence-corrected chi connectivity index (χ3v) is 2.53. The Hall–Kier alpha value is -2.44. The largest absolute Gasteiger partial charge is 0.477 e. The van der Waals surface area contributed by atoms with E-state index in [1.807, 2.05) is 6.92 Å². The van der Waals surface area contributed by atoms with Crippen molar-refractivity contribution < 1.29 is 19.5 Å². The van der Waals surface area contributed by atoms with E-state index in [1.165, 1.54) is 30.3 Å². The molecule has 1 aromatic rings. The van der Waals surface area contributed by atoms with E-state index in [2.05, 4.69) is 10.3 Å². The van der Waals surface area contributed by atoms with Gasteiger partial charge in [0.25, 0.3) is 5.91 Å². The predicted octanol–water partition coefficient (Wildman–Crippen LogP) is 0.378. The summed E-state index contributed by atoms with van der Waals surface area (Å²) in [5.74, 6) is -1.89. The second kappa shape index (κ2) is 7.22. The molecule has 0 fully saturated rings. The molecule has 20 heavy (non-hydrogen) atoms. The van der Waals surface area contributed by atoms with Crippen molar-refractivity contribution in [2.75, 3.05) is 20.1 Å². The minimum Gasteiger partial charge on any atom is -0.477 e. The normalized spacial score (nSPS) is 9.90. The van der Waals surface area contributed by atoms with Crippen LogP contribution in [-0.2, 0) is 4.79 Å². The number of aromatic carboxylic acids is 1. The van der Waals surface area contributed by atoms with Gasteiger partial charge in [0.1, 0.15) is 5.69 Å². The Morgan fingerprint density at radius 1 is 1.40 bits per heavy atom. The molecule has 0 aliphatic heterocycles. The van der Waals surface area contributed by atoms with Crippen molar-refractivity contribution >= 4 is 17.8 Å². The highest BCUT2D eigenvalue weighted by atomic mass is 16.4. The Kier molecular flexibility index (Phi) is 5.64. The van der Waals surface area contributed by atoms with E-state index in [9.17, 15) is 14.4 Å². The number of amides is 2. The van der Waals surface area contributed by atoms with Gasteiger partial charge < -0.3 is 15.3 Å². The first kappa shape index (κ1) is 15.6. The number of nitrogens with zero attached hydrogens (tertiary/aromatic N) is 2. The number of hydrogen-bond donors (Lipinski definition) is 2. The van der Waals surface area contributed by atoms with Crippen molar-refractivity contribution in [3.8, 4) is 0 Å². The number of rotatable bonds is 6. The Balaban J connectivity index is 2.71. The van der Waals surface area contributed by atoms with Gasteiger partial charge in [-0.2, -0.15) is 0 Å². The summed E-state index contributed by atoms with van der Waals surface area (Å²) in [4.78, 5) is 39.2. The van der Waals surface area contributed by atoms with E-state index in [1.54, 1.807) is 0 Å². The molecule has 7 nitrogen and oxygen atoms in total. The molecule has 0 atom stereocenters. The number of pyridine rings is 1. The van der Waals surface area contributed by atoms with Crippen LogP contribution in [0.1, 0.15) is 34.2 Å². The van der Waals surface area contributed by atoms with Crippen molar-refractivity contribution in [2.45, 2.75) is 13.3 Å². The van der Waals surface area contributed by atoms with Gasteiger partial charge in [0, 0.05) is 25.4 Å². The number of carboxylic acids is 1. The lowest BCUT2D eigenvalue weighted by Gasteiger charge is -2.16. The molecule has 0 unspecified atom stereocenters. The Bertz CT molecular complexity index is 516. The molecule has 2 amide bonds. The summed E-state index contributed by atoms with van der Waals surface area (Å²) < 4.78 is 0. The SMILES string of the molecule is CCCNC(=O)CN(C)C(=O)c1ccnc(C(=O)O)c1. The minimum absolute atomic E-state index is 0.0798. The molecule has 0 bridgehead atoms. The fraction of sp³-hybridized carbons (Fsp3) is 0.385. The van der Waals surface area contributed by atoms with Crippen molar-refractivity contribution in [2.24, 2.45) is 0 Å². The fourth-order valence-corrected chi connectivity index (χ4v) is 1.51. The van der Waals surface area contributed by atoms with Crippen LogP contribution in [0.15, 0.2) is 18.3 Å². The molecule has 0 saturated heterocycles. The first-order chi connectivity index (χ1) is 9.45. The van der Waals surface area contributed by atoms with Crippen molar-refractivity contribution in [1.29, 1.82) is 0 Å². The molecule has 108 valence electrons. The number of carbonyl (C=O) groups is 3. The second-order valence-electron chi connectivity index (χ2n) is 4.25. The Labute approximate surface area is 116 Å². The molecule has 7 heteroatoms. The first-order valence-corrected chi connectivity index (χ1v) is 6.17. The highest BCUT2D eigenvalue weighted by Crippen LogP contribution is 2.05. The van der Waals surface area contributed by atoms with Gasteiger partial charge in [-0.25, -0.2) is 9.78 Å². The maximum Gasteiger partial charge on any atom is 0.354 e. The van der Waals surface area contributed by atoms with Gasteiger partial charge in [0.15, 0.2) is 0 Å². The summed E-state index contributed by atoms with van der Waals surface area (Å²) in [7, 11) is 1.48. The topological polar surface area (TPSA) is 99.6 Å². The maximum atomic E-state index is 12.1. The smallest absolute Gasteiger partial charge is 0.354 e. The molecular formula is C13H17N3O4. The average Bonchev–Trinajstić information content (AvgIpc) is 2.44. The Morgan fingerprint density at radius 2 is 2.10 bits per heavy atom. The highest BCUT2D eigenvalue weighted by Gasteiger charge is 2.16. The molecule has 0 aromatic carbocycles. The van der Waals surface area contributed by atoms with Gasteiger partial charge in [-0.15, -0.1) is 0 Å². The second-order valence-corrected chi connectivity index (χ2v) is 4.25. The van der Waals surface area contributed by atoms with Crippen LogP contribution in [0.2, 0.25) is 0 Å². The minimum atomic E-state index is -1.21. The molecule has 0 spiro atoms. The van der Waals surface area contributed by atoms with Crippen LogP contribution in [0, 0.1) is 0 Å². The van der Waals surface area contributed by atoms with Crippen molar-refractivity contribution in [3.63, 3.8) is 0 Å². The van der Waals surface area contributed by atoms with Gasteiger partial charge in [-0.05, 0) is 18.6 Å². The monoisotopic (exact) mass is 279 g/mol. The zero-order valence-corrected chi connectivity index (χ0v) is 11.4. The van der Waals surface area contributed by atoms with Crippen molar-refractivity contribution in [3.05, 3.63) is 29.6 Å². The van der Waals surface area contributed by atoms with Gasteiger partial charge in [-0.1, -0.05) is 6.92 Å². The van der Waals surface area contributed by atoms with Crippen LogP contribution < -0.4 is 5.32 Å². The lowest BCUT2D eigenvalue weighted by Crippen LogP contribution is -2.38. The molecule has 0 radical (unpaired) electrons. The maximum absolute atomic E-state index is 12.1. The molecule has 1 heterocycles. The molecule has 0 aliphatic rings. The van der Waals surface area contributed by atoms with Gasteiger partial charge >= 0.3 is 5.97 Å². The lowest BCUT2D eigenvalue weighted by atomic mass is 10.2. The Morgan fingerprint density at radius 3 is 2.70 bits per heavy atom. The number of carboxylic acid groups (broad SMARTS) is 1. The zero-order chi connectivity index (χ0) is 15.1. The first-order valence-electron chi connectivity index (χ1n) is 6.17. The van der Waals surface area contributed by atoms with E-state index in [0.717, 1.165) is 6.42 Å². The standard InChI is InChI=1S/C13H17N3O4/c1-3-5-15-11(17)8-16(2)12(18)9-4-6-14-10(7-9)13(19)20/h4,6-7H,3,5,8H2,1-2H3,(H,15,17)(H,19,20). The molecule has 0 aliphatic carbocycles. The number of hydrogen-bond acceptors (Lipinski definition) is 4. The van der Waals surface area contributed by atoms with Gasteiger partial charge in [0.2, 0.25) is 5.91 Å². The van der Waals surface area contributed by atoms with Crippen LogP contribution in [0.4, 0.5) is 0 Å². The van der Waals surface area contributed by atoms with Crippen LogP contribution in [-0.4, -0.2) is 52.9 Å². The van der Waals surface area contributed by atoms with E-state index in [-0.39, 0.29) is 23.7 Å². The molecule has 2 N–H and O–H groups in total. The number of aromatic nitrogens is 1. The van der Waals surface area contributed by atoms with E-state index < -0.39 is 11.9 Å². The van der Waals surface area contributed by atoms with Crippen LogP contribution >= 0.6 is 0 Å². The van der Waals surface area contributed by atoms with Gasteiger partial charge in [-0.3, -0.25) is 9.59 Å². The van der Waals surface area contributed by atoms with Crippen LogP contribution in [0.25, 0.3) is 0 Å². The lowest BCUT2D eigenvalue weighted by molar-refractivity contribution is -0.121. The third kappa shape index (κ3) is 4.34. The van der Waals surface area contributed by atoms with Crippen molar-refractivity contribution in [1.82, 2.24) is 15.2 Å². The fourth-order valence-electron chi connectivity index (χ4n) is 1.51. The molecule has 1 aromatic heterocycles. The van der Waals surface area contributed by atoms with E-state index >= 15 is 0 Å².